The molecule has 0 aromatic heterocycles. The number of anilines is 1. The largest absolute Gasteiger partial charge is 0.491 e. The van der Waals surface area contributed by atoms with Crippen LogP contribution in [0.1, 0.15) is 5.56 Å². The van der Waals surface area contributed by atoms with Gasteiger partial charge >= 0.3 is 7.12 Å². The number of hydrogen-bond donors (Lipinski definition) is 1. The molecule has 0 amide bonds. The van der Waals surface area contributed by atoms with Gasteiger partial charge in [0.1, 0.15) is 0 Å². The average molecular weight is 177 g/mol. The molecule has 0 spiro atoms. The highest BCUT2D eigenvalue weighted by Crippen LogP contribution is 2.16. The zero-order valence-corrected chi connectivity index (χ0v) is 7.82. The highest BCUT2D eigenvalue weighted by molar-refractivity contribution is 6.61. The van der Waals surface area contributed by atoms with Gasteiger partial charge in [-0.1, -0.05) is 6.07 Å². The smallest absolute Gasteiger partial charge is 0.423 e. The highest BCUT2D eigenvalue weighted by Gasteiger charge is 2.26. The van der Waals surface area contributed by atoms with Gasteiger partial charge in [-0.2, -0.15) is 0 Å². The molecule has 1 aromatic carbocycles. The fraction of sp³-hybridized carbons (Fsp3) is 0.333. The van der Waals surface area contributed by atoms with Crippen LogP contribution in [-0.4, -0.2) is 26.2 Å². The van der Waals surface area contributed by atoms with Crippen molar-refractivity contribution >= 4 is 18.3 Å². The molecule has 4 heteroatoms. The highest BCUT2D eigenvalue weighted by atomic mass is 16.5. The number of rotatable bonds is 1. The van der Waals surface area contributed by atoms with Crippen molar-refractivity contribution in [1.29, 1.82) is 0 Å². The van der Waals surface area contributed by atoms with E-state index in [0.29, 0.717) is 6.61 Å². The first-order valence-electron chi connectivity index (χ1n) is 4.28. The van der Waals surface area contributed by atoms with E-state index in [1.807, 2.05) is 37.2 Å². The van der Waals surface area contributed by atoms with Crippen LogP contribution in [-0.2, 0) is 11.3 Å². The van der Waals surface area contributed by atoms with Crippen molar-refractivity contribution in [3.8, 4) is 0 Å². The Kier molecular flexibility index (Phi) is 2.02. The van der Waals surface area contributed by atoms with E-state index in [9.17, 15) is 5.02 Å². The SMILES string of the molecule is CN(C)c1ccc2c(c1)COB2O. The zero-order chi connectivity index (χ0) is 9.42. The normalized spacial score (nSPS) is 14.5. The summed E-state index contributed by atoms with van der Waals surface area (Å²) in [4.78, 5) is 2.03. The van der Waals surface area contributed by atoms with Crippen molar-refractivity contribution < 1.29 is 9.68 Å². The Labute approximate surface area is 78.1 Å². The van der Waals surface area contributed by atoms with E-state index in [0.717, 1.165) is 16.7 Å². The molecule has 68 valence electrons. The summed E-state index contributed by atoms with van der Waals surface area (Å²) in [5.74, 6) is 0. The first kappa shape index (κ1) is 8.60. The van der Waals surface area contributed by atoms with E-state index in [4.69, 9.17) is 4.65 Å². The van der Waals surface area contributed by atoms with E-state index in [1.165, 1.54) is 0 Å². The van der Waals surface area contributed by atoms with Crippen LogP contribution in [0.4, 0.5) is 5.69 Å². The van der Waals surface area contributed by atoms with Crippen LogP contribution < -0.4 is 10.4 Å². The Morgan fingerprint density at radius 1 is 1.46 bits per heavy atom. The predicted octanol–water partition coefficient (Wildman–Crippen LogP) is -0.0297. The number of hydrogen-bond acceptors (Lipinski definition) is 3. The van der Waals surface area contributed by atoms with Crippen LogP contribution in [0, 0.1) is 0 Å². The van der Waals surface area contributed by atoms with Gasteiger partial charge in [-0.3, -0.25) is 0 Å². The summed E-state index contributed by atoms with van der Waals surface area (Å²) in [7, 11) is 3.26. The minimum Gasteiger partial charge on any atom is -0.423 e. The summed E-state index contributed by atoms with van der Waals surface area (Å²) in [6.07, 6.45) is 0. The summed E-state index contributed by atoms with van der Waals surface area (Å²) < 4.78 is 5.10. The molecule has 0 unspecified atom stereocenters. The second-order valence-electron chi connectivity index (χ2n) is 3.44. The molecule has 1 heterocycles. The molecule has 1 aromatic rings. The maximum atomic E-state index is 9.38. The van der Waals surface area contributed by atoms with Gasteiger partial charge in [0.25, 0.3) is 0 Å². The molecule has 0 atom stereocenters. The Balaban J connectivity index is 2.40. The fourth-order valence-corrected chi connectivity index (χ4v) is 1.49. The van der Waals surface area contributed by atoms with Crippen molar-refractivity contribution in [2.45, 2.75) is 6.61 Å². The lowest BCUT2D eigenvalue weighted by Crippen LogP contribution is -2.28. The predicted molar refractivity (Wildman–Crippen MR) is 53.2 cm³/mol. The molecule has 0 bridgehead atoms. The number of nitrogens with zero attached hydrogens (tertiary/aromatic N) is 1. The van der Waals surface area contributed by atoms with Gasteiger partial charge in [-0.15, -0.1) is 0 Å². The Bertz CT molecular complexity index is 327. The Hall–Kier alpha value is -0.995. The molecular weight excluding hydrogens is 165 g/mol. The fourth-order valence-electron chi connectivity index (χ4n) is 1.49. The average Bonchev–Trinajstić information content (AvgIpc) is 2.47. The molecule has 1 N–H and O–H groups in total. The lowest BCUT2D eigenvalue weighted by molar-refractivity contribution is 0.275. The van der Waals surface area contributed by atoms with Crippen LogP contribution in [0.25, 0.3) is 0 Å². The molecule has 0 saturated heterocycles. The van der Waals surface area contributed by atoms with Crippen molar-refractivity contribution in [1.82, 2.24) is 0 Å². The van der Waals surface area contributed by atoms with Crippen molar-refractivity contribution in [3.63, 3.8) is 0 Å². The molecule has 0 saturated carbocycles. The molecule has 1 aliphatic rings. The van der Waals surface area contributed by atoms with Gasteiger partial charge in [0.2, 0.25) is 0 Å². The second-order valence-corrected chi connectivity index (χ2v) is 3.44. The molecular formula is C9H12BNO2. The summed E-state index contributed by atoms with van der Waals surface area (Å²) in [5.41, 5.74) is 3.11. The lowest BCUT2D eigenvalue weighted by Gasteiger charge is -2.13. The van der Waals surface area contributed by atoms with E-state index in [2.05, 4.69) is 0 Å². The van der Waals surface area contributed by atoms with Crippen molar-refractivity contribution in [2.24, 2.45) is 0 Å². The first-order chi connectivity index (χ1) is 6.18. The van der Waals surface area contributed by atoms with Crippen molar-refractivity contribution in [3.05, 3.63) is 23.8 Å². The van der Waals surface area contributed by atoms with Gasteiger partial charge in [0.15, 0.2) is 0 Å². The molecule has 0 fully saturated rings. The first-order valence-corrected chi connectivity index (χ1v) is 4.28. The maximum absolute atomic E-state index is 9.38. The van der Waals surface area contributed by atoms with Crippen LogP contribution >= 0.6 is 0 Å². The zero-order valence-electron chi connectivity index (χ0n) is 7.82. The lowest BCUT2D eigenvalue weighted by atomic mass is 9.79. The third-order valence-corrected chi connectivity index (χ3v) is 2.31. The van der Waals surface area contributed by atoms with E-state index < -0.39 is 7.12 Å². The topological polar surface area (TPSA) is 32.7 Å². The summed E-state index contributed by atoms with van der Waals surface area (Å²) in [5, 5.41) is 9.38. The third-order valence-electron chi connectivity index (χ3n) is 2.31. The molecule has 1 aliphatic heterocycles. The van der Waals surface area contributed by atoms with Crippen LogP contribution in [0.15, 0.2) is 18.2 Å². The van der Waals surface area contributed by atoms with Crippen LogP contribution in [0.3, 0.4) is 0 Å². The van der Waals surface area contributed by atoms with Gasteiger partial charge in [0.05, 0.1) is 6.61 Å². The second kappa shape index (κ2) is 3.05. The molecule has 2 rings (SSSR count). The van der Waals surface area contributed by atoms with Gasteiger partial charge in [-0.25, -0.2) is 0 Å². The number of fused-ring (bicyclic) bond motifs is 1. The van der Waals surface area contributed by atoms with Crippen LogP contribution in [0.5, 0.6) is 0 Å². The van der Waals surface area contributed by atoms with Gasteiger partial charge < -0.3 is 14.6 Å². The Morgan fingerprint density at radius 3 is 2.92 bits per heavy atom. The van der Waals surface area contributed by atoms with E-state index in [1.54, 1.807) is 0 Å². The summed E-state index contributed by atoms with van der Waals surface area (Å²) in [6.45, 7) is 0.512. The Morgan fingerprint density at radius 2 is 2.23 bits per heavy atom. The van der Waals surface area contributed by atoms with E-state index >= 15 is 0 Å². The van der Waals surface area contributed by atoms with Gasteiger partial charge in [0, 0.05) is 19.8 Å². The summed E-state index contributed by atoms with van der Waals surface area (Å²) in [6, 6.07) is 5.95. The maximum Gasteiger partial charge on any atom is 0.491 e. The molecule has 0 aliphatic carbocycles. The standard InChI is InChI=1S/C9H12BNO2/c1-11(2)8-3-4-9-7(5-8)6-13-10(9)12/h3-5,12H,6H2,1-2H3. The van der Waals surface area contributed by atoms with Gasteiger partial charge in [-0.05, 0) is 23.2 Å². The minimum atomic E-state index is -0.730. The molecule has 0 radical (unpaired) electrons. The molecule has 3 nitrogen and oxygen atoms in total. The quantitative estimate of drug-likeness (QED) is 0.611. The van der Waals surface area contributed by atoms with E-state index in [-0.39, 0.29) is 0 Å². The minimum absolute atomic E-state index is 0.512. The third kappa shape index (κ3) is 1.43. The number of benzene rings is 1. The summed E-state index contributed by atoms with van der Waals surface area (Å²) >= 11 is 0. The van der Waals surface area contributed by atoms with Crippen LogP contribution in [0.2, 0.25) is 0 Å². The molecule has 13 heavy (non-hydrogen) atoms. The van der Waals surface area contributed by atoms with Crippen molar-refractivity contribution in [2.75, 3.05) is 19.0 Å². The monoisotopic (exact) mass is 177 g/mol.